The second kappa shape index (κ2) is 3.95. The van der Waals surface area contributed by atoms with Crippen LogP contribution in [0.25, 0.3) is 11.3 Å². The van der Waals surface area contributed by atoms with Crippen LogP contribution in [0.5, 0.6) is 0 Å². The number of hydrogen-bond acceptors (Lipinski definition) is 2. The van der Waals surface area contributed by atoms with Crippen molar-refractivity contribution in [3.63, 3.8) is 0 Å². The number of rotatable bonds is 1. The van der Waals surface area contributed by atoms with E-state index in [2.05, 4.69) is 9.97 Å². The summed E-state index contributed by atoms with van der Waals surface area (Å²) in [5.41, 5.74) is 1.80. The molecule has 0 fully saturated rings. The molecule has 0 aliphatic rings. The number of benzene rings is 1. The number of aromatic nitrogens is 2. The molecule has 0 aliphatic heterocycles. The normalized spacial score (nSPS) is 10.3. The predicted molar refractivity (Wildman–Crippen MR) is 57.2 cm³/mol. The summed E-state index contributed by atoms with van der Waals surface area (Å²) in [4.78, 5) is 7.83. The lowest BCUT2D eigenvalue weighted by Gasteiger charge is -2.06. The van der Waals surface area contributed by atoms with Crippen LogP contribution in [0, 0.1) is 12.7 Å². The molecule has 2 aromatic rings. The first-order chi connectivity index (χ1) is 7.20. The van der Waals surface area contributed by atoms with Gasteiger partial charge < -0.3 is 0 Å². The first-order valence-corrected chi connectivity index (χ1v) is 4.79. The monoisotopic (exact) mass is 222 g/mol. The van der Waals surface area contributed by atoms with E-state index in [-0.39, 0.29) is 5.82 Å². The van der Waals surface area contributed by atoms with Crippen molar-refractivity contribution in [1.82, 2.24) is 9.97 Å². The van der Waals surface area contributed by atoms with Crippen molar-refractivity contribution in [2.45, 2.75) is 6.92 Å². The highest BCUT2D eigenvalue weighted by Crippen LogP contribution is 2.28. The molecular weight excluding hydrogens is 215 g/mol. The molecule has 4 heteroatoms. The standard InChI is InChI=1S/C11H8ClFN2/c1-7-8(3-2-4-10(7)13)11-9(12)5-14-6-15-11/h2-6H,1H3. The molecular formula is C11H8ClFN2. The van der Waals surface area contributed by atoms with Crippen molar-refractivity contribution in [3.8, 4) is 11.3 Å². The highest BCUT2D eigenvalue weighted by Gasteiger charge is 2.09. The van der Waals surface area contributed by atoms with E-state index in [4.69, 9.17) is 11.6 Å². The minimum absolute atomic E-state index is 0.262. The zero-order chi connectivity index (χ0) is 10.8. The molecule has 0 amide bonds. The molecule has 0 saturated heterocycles. The van der Waals surface area contributed by atoms with Crippen molar-refractivity contribution in [3.05, 3.63) is 47.1 Å². The van der Waals surface area contributed by atoms with E-state index >= 15 is 0 Å². The fraction of sp³-hybridized carbons (Fsp3) is 0.0909. The van der Waals surface area contributed by atoms with Gasteiger partial charge in [0.15, 0.2) is 0 Å². The molecule has 76 valence electrons. The number of nitrogens with zero attached hydrogens (tertiary/aromatic N) is 2. The van der Waals surface area contributed by atoms with Gasteiger partial charge in [-0.05, 0) is 18.6 Å². The van der Waals surface area contributed by atoms with Crippen LogP contribution in [0.1, 0.15) is 5.56 Å². The Labute approximate surface area is 91.8 Å². The molecule has 0 spiro atoms. The van der Waals surface area contributed by atoms with Gasteiger partial charge in [-0.1, -0.05) is 23.7 Å². The maximum atomic E-state index is 13.3. The van der Waals surface area contributed by atoms with E-state index in [1.165, 1.54) is 18.6 Å². The average molecular weight is 223 g/mol. The summed E-state index contributed by atoms with van der Waals surface area (Å²) in [5, 5.41) is 0.422. The zero-order valence-corrected chi connectivity index (χ0v) is 8.79. The van der Waals surface area contributed by atoms with Gasteiger partial charge in [0.25, 0.3) is 0 Å². The lowest BCUT2D eigenvalue weighted by Crippen LogP contribution is -1.91. The van der Waals surface area contributed by atoms with E-state index in [1.54, 1.807) is 19.1 Å². The van der Waals surface area contributed by atoms with Gasteiger partial charge in [-0.15, -0.1) is 0 Å². The van der Waals surface area contributed by atoms with E-state index in [1.807, 2.05) is 0 Å². The van der Waals surface area contributed by atoms with E-state index in [0.717, 1.165) is 0 Å². The topological polar surface area (TPSA) is 25.8 Å². The first-order valence-electron chi connectivity index (χ1n) is 4.41. The van der Waals surface area contributed by atoms with Crippen molar-refractivity contribution in [2.24, 2.45) is 0 Å². The lowest BCUT2D eigenvalue weighted by molar-refractivity contribution is 0.619. The smallest absolute Gasteiger partial charge is 0.126 e. The highest BCUT2D eigenvalue weighted by atomic mass is 35.5. The van der Waals surface area contributed by atoms with Gasteiger partial charge >= 0.3 is 0 Å². The Morgan fingerprint density at radius 1 is 1.33 bits per heavy atom. The third-order valence-electron chi connectivity index (χ3n) is 2.19. The lowest BCUT2D eigenvalue weighted by atomic mass is 10.1. The van der Waals surface area contributed by atoms with E-state index in [9.17, 15) is 4.39 Å². The molecule has 0 saturated carbocycles. The van der Waals surface area contributed by atoms with Gasteiger partial charge in [0.2, 0.25) is 0 Å². The van der Waals surface area contributed by atoms with Crippen LogP contribution in [0.4, 0.5) is 4.39 Å². The molecule has 1 heterocycles. The van der Waals surface area contributed by atoms with Gasteiger partial charge in [-0.3, -0.25) is 0 Å². The Morgan fingerprint density at radius 3 is 2.87 bits per heavy atom. The average Bonchev–Trinajstić information content (AvgIpc) is 2.23. The van der Waals surface area contributed by atoms with Crippen LogP contribution in [-0.2, 0) is 0 Å². The summed E-state index contributed by atoms with van der Waals surface area (Å²) in [6.45, 7) is 1.70. The molecule has 2 nitrogen and oxygen atoms in total. The van der Waals surface area contributed by atoms with Crippen molar-refractivity contribution < 1.29 is 4.39 Å². The SMILES string of the molecule is Cc1c(F)cccc1-c1ncncc1Cl. The van der Waals surface area contributed by atoms with Crippen LogP contribution in [0.3, 0.4) is 0 Å². The van der Waals surface area contributed by atoms with Gasteiger partial charge in [-0.25, -0.2) is 14.4 Å². The third kappa shape index (κ3) is 1.83. The van der Waals surface area contributed by atoms with E-state index in [0.29, 0.717) is 21.8 Å². The van der Waals surface area contributed by atoms with Gasteiger partial charge in [-0.2, -0.15) is 0 Å². The van der Waals surface area contributed by atoms with Crippen molar-refractivity contribution >= 4 is 11.6 Å². The molecule has 0 bridgehead atoms. The summed E-state index contributed by atoms with van der Waals surface area (Å²) in [6, 6.07) is 4.83. The van der Waals surface area contributed by atoms with Crippen LogP contribution >= 0.6 is 11.6 Å². The Morgan fingerprint density at radius 2 is 2.13 bits per heavy atom. The summed E-state index contributed by atoms with van der Waals surface area (Å²) in [7, 11) is 0. The van der Waals surface area contributed by atoms with Crippen LogP contribution in [0.15, 0.2) is 30.7 Å². The molecule has 1 aromatic carbocycles. The molecule has 0 atom stereocenters. The predicted octanol–water partition coefficient (Wildman–Crippen LogP) is 3.24. The molecule has 0 N–H and O–H groups in total. The Hall–Kier alpha value is -1.48. The Kier molecular flexibility index (Phi) is 2.64. The van der Waals surface area contributed by atoms with Crippen molar-refractivity contribution in [1.29, 1.82) is 0 Å². The zero-order valence-electron chi connectivity index (χ0n) is 8.04. The molecule has 1 aromatic heterocycles. The Balaban J connectivity index is 2.65. The number of hydrogen-bond donors (Lipinski definition) is 0. The fourth-order valence-electron chi connectivity index (χ4n) is 1.37. The quantitative estimate of drug-likeness (QED) is 0.740. The second-order valence-electron chi connectivity index (χ2n) is 3.13. The number of halogens is 2. The minimum atomic E-state index is -0.262. The second-order valence-corrected chi connectivity index (χ2v) is 3.54. The van der Waals surface area contributed by atoms with Crippen LogP contribution in [0.2, 0.25) is 5.02 Å². The molecule has 0 unspecified atom stereocenters. The van der Waals surface area contributed by atoms with Crippen LogP contribution in [-0.4, -0.2) is 9.97 Å². The van der Waals surface area contributed by atoms with Gasteiger partial charge in [0.05, 0.1) is 10.7 Å². The highest BCUT2D eigenvalue weighted by molar-refractivity contribution is 6.32. The molecule has 0 aliphatic carbocycles. The first kappa shape index (κ1) is 10.1. The summed E-state index contributed by atoms with van der Waals surface area (Å²) < 4.78 is 13.3. The maximum absolute atomic E-state index is 13.3. The molecule has 15 heavy (non-hydrogen) atoms. The fourth-order valence-corrected chi connectivity index (χ4v) is 1.58. The van der Waals surface area contributed by atoms with Gasteiger partial charge in [0, 0.05) is 11.8 Å². The third-order valence-corrected chi connectivity index (χ3v) is 2.47. The largest absolute Gasteiger partial charge is 0.243 e. The maximum Gasteiger partial charge on any atom is 0.126 e. The minimum Gasteiger partial charge on any atom is -0.243 e. The van der Waals surface area contributed by atoms with E-state index < -0.39 is 0 Å². The summed E-state index contributed by atoms with van der Waals surface area (Å²) >= 11 is 5.94. The summed E-state index contributed by atoms with van der Waals surface area (Å²) in [5.74, 6) is -0.262. The van der Waals surface area contributed by atoms with Crippen LogP contribution < -0.4 is 0 Å². The molecule has 2 rings (SSSR count). The Bertz CT molecular complexity index is 500. The molecule has 0 radical (unpaired) electrons. The van der Waals surface area contributed by atoms with Crippen molar-refractivity contribution in [2.75, 3.05) is 0 Å². The van der Waals surface area contributed by atoms with Gasteiger partial charge in [0.1, 0.15) is 12.1 Å². The summed E-state index contributed by atoms with van der Waals surface area (Å²) in [6.07, 6.45) is 2.89.